The highest BCUT2D eigenvalue weighted by Gasteiger charge is 2.16. The molecule has 0 radical (unpaired) electrons. The van der Waals surface area contributed by atoms with Gasteiger partial charge in [-0.25, -0.2) is 4.98 Å². The Morgan fingerprint density at radius 2 is 2.10 bits per heavy atom. The van der Waals surface area contributed by atoms with Gasteiger partial charge in [0.1, 0.15) is 0 Å². The fraction of sp³-hybridized carbons (Fsp3) is 0.125. The Hall–Kier alpha value is -1.78. The summed E-state index contributed by atoms with van der Waals surface area (Å²) in [5.41, 5.74) is 2.67. The van der Waals surface area contributed by atoms with Crippen molar-refractivity contribution in [1.82, 2.24) is 9.97 Å². The van der Waals surface area contributed by atoms with E-state index in [4.69, 9.17) is 11.6 Å². The van der Waals surface area contributed by atoms with Crippen molar-refractivity contribution >= 4 is 40.0 Å². The summed E-state index contributed by atoms with van der Waals surface area (Å²) in [6, 6.07) is 11.4. The molecule has 0 spiro atoms. The number of rotatable bonds is 4. The van der Waals surface area contributed by atoms with E-state index in [-0.39, 0.29) is 5.78 Å². The number of aromatic nitrogens is 2. The first-order chi connectivity index (χ1) is 10.1. The minimum Gasteiger partial charge on any atom is -0.358 e. The Morgan fingerprint density at radius 1 is 1.29 bits per heavy atom. The van der Waals surface area contributed by atoms with Crippen molar-refractivity contribution in [2.24, 2.45) is 0 Å². The van der Waals surface area contributed by atoms with Crippen LogP contribution in [0.3, 0.4) is 0 Å². The fourth-order valence-corrected chi connectivity index (χ4v) is 3.12. The van der Waals surface area contributed by atoms with Gasteiger partial charge in [-0.15, -0.1) is 0 Å². The highest BCUT2D eigenvalue weighted by Crippen LogP contribution is 2.25. The lowest BCUT2D eigenvalue weighted by molar-refractivity contribution is 0.102. The monoisotopic (exact) mass is 316 g/mol. The Kier molecular flexibility index (Phi) is 3.99. The second-order valence-electron chi connectivity index (χ2n) is 4.70. The van der Waals surface area contributed by atoms with Gasteiger partial charge in [0.05, 0.1) is 15.8 Å². The summed E-state index contributed by atoms with van der Waals surface area (Å²) in [5, 5.41) is 2.37. The van der Waals surface area contributed by atoms with Crippen LogP contribution in [0.2, 0.25) is 5.02 Å². The number of nitrogens with one attached hydrogen (secondary N) is 1. The van der Waals surface area contributed by atoms with Crippen molar-refractivity contribution in [1.29, 1.82) is 0 Å². The van der Waals surface area contributed by atoms with Crippen molar-refractivity contribution in [3.05, 3.63) is 58.9 Å². The molecule has 1 N–H and O–H groups in total. The molecular weight excluding hydrogens is 304 g/mol. The fourth-order valence-electron chi connectivity index (χ4n) is 2.30. The van der Waals surface area contributed by atoms with Crippen LogP contribution in [0.5, 0.6) is 0 Å². The van der Waals surface area contributed by atoms with E-state index in [2.05, 4.69) is 9.97 Å². The number of nitrogens with zero attached hydrogens (tertiary/aromatic N) is 1. The van der Waals surface area contributed by atoms with Crippen LogP contribution in [-0.4, -0.2) is 21.5 Å². The zero-order valence-corrected chi connectivity index (χ0v) is 13.0. The first kappa shape index (κ1) is 14.2. The topological polar surface area (TPSA) is 45.8 Å². The second kappa shape index (κ2) is 5.92. The number of para-hydroxylation sites is 1. The Balaban J connectivity index is 1.81. The molecule has 2 heterocycles. The van der Waals surface area contributed by atoms with E-state index in [9.17, 15) is 4.79 Å². The third-order valence-corrected chi connectivity index (χ3v) is 4.39. The number of H-pyrrole nitrogens is 1. The Morgan fingerprint density at radius 3 is 2.86 bits per heavy atom. The number of thioether (sulfide) groups is 1. The number of ketones is 1. The second-order valence-corrected chi connectivity index (χ2v) is 6.13. The lowest BCUT2D eigenvalue weighted by atomic mass is 10.1. The van der Waals surface area contributed by atoms with Crippen LogP contribution in [0, 0.1) is 6.92 Å². The van der Waals surface area contributed by atoms with E-state index in [1.165, 1.54) is 11.8 Å². The molecule has 2 aromatic heterocycles. The number of pyridine rings is 1. The van der Waals surface area contributed by atoms with Crippen molar-refractivity contribution in [3.63, 3.8) is 0 Å². The van der Waals surface area contributed by atoms with Gasteiger partial charge >= 0.3 is 0 Å². The summed E-state index contributed by atoms with van der Waals surface area (Å²) in [6.45, 7) is 1.93. The van der Waals surface area contributed by atoms with Crippen LogP contribution in [-0.2, 0) is 0 Å². The maximum Gasteiger partial charge on any atom is 0.175 e. The molecule has 0 saturated carbocycles. The Labute approximate surface area is 131 Å². The Bertz CT molecular complexity index is 796. The van der Waals surface area contributed by atoms with Crippen LogP contribution in [0.25, 0.3) is 10.9 Å². The van der Waals surface area contributed by atoms with Crippen molar-refractivity contribution in [2.75, 3.05) is 5.75 Å². The van der Waals surface area contributed by atoms with Gasteiger partial charge in [0, 0.05) is 28.4 Å². The predicted octanol–water partition coefficient (Wildman–Crippen LogP) is 4.50. The van der Waals surface area contributed by atoms with Gasteiger partial charge in [-0.3, -0.25) is 4.79 Å². The lowest BCUT2D eigenvalue weighted by Crippen LogP contribution is -2.03. The molecule has 0 bridgehead atoms. The molecule has 106 valence electrons. The molecule has 5 heteroatoms. The molecule has 0 saturated heterocycles. The first-order valence-electron chi connectivity index (χ1n) is 6.50. The van der Waals surface area contributed by atoms with Crippen molar-refractivity contribution in [2.45, 2.75) is 11.9 Å². The zero-order valence-electron chi connectivity index (χ0n) is 11.4. The van der Waals surface area contributed by atoms with Gasteiger partial charge in [0.25, 0.3) is 0 Å². The number of carbonyl (C=O) groups excluding carboxylic acids is 1. The normalized spacial score (nSPS) is 11.0. The van der Waals surface area contributed by atoms with Crippen LogP contribution < -0.4 is 0 Å². The molecule has 3 nitrogen and oxygen atoms in total. The summed E-state index contributed by atoms with van der Waals surface area (Å²) >= 11 is 7.22. The van der Waals surface area contributed by atoms with Gasteiger partial charge in [0.2, 0.25) is 0 Å². The van der Waals surface area contributed by atoms with Gasteiger partial charge in [-0.05, 0) is 25.1 Å². The molecule has 0 unspecified atom stereocenters. The minimum absolute atomic E-state index is 0.103. The number of benzene rings is 1. The van der Waals surface area contributed by atoms with Gasteiger partial charge < -0.3 is 4.98 Å². The van der Waals surface area contributed by atoms with Crippen molar-refractivity contribution in [3.8, 4) is 0 Å². The molecule has 1 aromatic carbocycles. The number of halogens is 1. The average Bonchev–Trinajstić information content (AvgIpc) is 2.82. The largest absolute Gasteiger partial charge is 0.358 e. The molecule has 0 fully saturated rings. The van der Waals surface area contributed by atoms with E-state index in [0.717, 1.165) is 27.2 Å². The van der Waals surface area contributed by atoms with Crippen LogP contribution in [0.1, 0.15) is 16.1 Å². The van der Waals surface area contributed by atoms with Crippen molar-refractivity contribution < 1.29 is 4.79 Å². The van der Waals surface area contributed by atoms with E-state index < -0.39 is 0 Å². The van der Waals surface area contributed by atoms with Crippen LogP contribution in [0.4, 0.5) is 0 Å². The SMILES string of the molecule is Cc1[nH]c2ccccc2c1C(=O)CSc1ccc(Cl)cn1. The molecule has 0 aliphatic rings. The number of aryl methyl sites for hydroxylation is 1. The molecule has 0 aliphatic heterocycles. The van der Waals surface area contributed by atoms with Crippen LogP contribution in [0.15, 0.2) is 47.6 Å². The quantitative estimate of drug-likeness (QED) is 0.569. The summed E-state index contributed by atoms with van der Waals surface area (Å²) in [6.07, 6.45) is 1.59. The van der Waals surface area contributed by atoms with Gasteiger partial charge in [-0.2, -0.15) is 0 Å². The number of hydrogen-bond donors (Lipinski definition) is 1. The summed E-state index contributed by atoms with van der Waals surface area (Å²) in [4.78, 5) is 19.9. The van der Waals surface area contributed by atoms with E-state index in [1.807, 2.05) is 37.3 Å². The first-order valence-corrected chi connectivity index (χ1v) is 7.86. The summed E-state index contributed by atoms with van der Waals surface area (Å²) in [5.74, 6) is 0.462. The minimum atomic E-state index is 0.103. The average molecular weight is 317 g/mol. The summed E-state index contributed by atoms with van der Waals surface area (Å²) in [7, 11) is 0. The number of hydrogen-bond acceptors (Lipinski definition) is 3. The third kappa shape index (κ3) is 2.96. The van der Waals surface area contributed by atoms with Gasteiger partial charge in [0.15, 0.2) is 5.78 Å². The summed E-state index contributed by atoms with van der Waals surface area (Å²) < 4.78 is 0. The number of aromatic amines is 1. The molecule has 3 aromatic rings. The maximum atomic E-state index is 12.5. The van der Waals surface area contributed by atoms with E-state index in [1.54, 1.807) is 12.3 Å². The highest BCUT2D eigenvalue weighted by atomic mass is 35.5. The van der Waals surface area contributed by atoms with Crippen LogP contribution >= 0.6 is 23.4 Å². The third-order valence-electron chi connectivity index (χ3n) is 3.22. The number of fused-ring (bicyclic) bond motifs is 1. The lowest BCUT2D eigenvalue weighted by Gasteiger charge is -2.02. The molecule has 0 amide bonds. The number of Topliss-reactive ketones (excluding diaryl/α,β-unsaturated/α-hetero) is 1. The molecular formula is C16H13ClN2OS. The number of carbonyl (C=O) groups is 1. The zero-order chi connectivity index (χ0) is 14.8. The molecule has 3 rings (SSSR count). The van der Waals surface area contributed by atoms with E-state index in [0.29, 0.717) is 10.8 Å². The molecule has 21 heavy (non-hydrogen) atoms. The standard InChI is InChI=1S/C16H13ClN2OS/c1-10-16(12-4-2-3-5-13(12)19-10)14(20)9-21-15-7-6-11(17)8-18-15/h2-8,19H,9H2,1H3. The smallest absolute Gasteiger partial charge is 0.175 e. The molecule has 0 atom stereocenters. The van der Waals surface area contributed by atoms with E-state index >= 15 is 0 Å². The highest BCUT2D eigenvalue weighted by molar-refractivity contribution is 7.99. The van der Waals surface area contributed by atoms with Gasteiger partial charge in [-0.1, -0.05) is 41.6 Å². The maximum absolute atomic E-state index is 12.5. The molecule has 0 aliphatic carbocycles. The predicted molar refractivity (Wildman–Crippen MR) is 87.3 cm³/mol.